The number of nitrogens with zero attached hydrogens (tertiary/aromatic N) is 2. The fourth-order valence-corrected chi connectivity index (χ4v) is 2.68. The minimum Gasteiger partial charge on any atom is -0.334 e. The topological polar surface area (TPSA) is 64.9 Å². The average Bonchev–Trinajstić information content (AvgIpc) is 3.07. The van der Waals surface area contributed by atoms with Crippen LogP contribution in [0.2, 0.25) is 0 Å². The quantitative estimate of drug-likeness (QED) is 0.921. The molecule has 1 aromatic carbocycles. The van der Waals surface area contributed by atoms with Crippen LogP contribution in [0.4, 0.5) is 13.2 Å². The molecule has 1 aliphatic rings. The van der Waals surface area contributed by atoms with Crippen LogP contribution in [0.1, 0.15) is 37.1 Å². The Kier molecular flexibility index (Phi) is 3.24. The van der Waals surface area contributed by atoms with Gasteiger partial charge in [0.25, 0.3) is 5.89 Å². The number of aromatic nitrogens is 2. The van der Waals surface area contributed by atoms with Crippen molar-refractivity contribution in [2.24, 2.45) is 5.73 Å². The first-order valence-corrected chi connectivity index (χ1v) is 6.70. The van der Waals surface area contributed by atoms with Crippen LogP contribution >= 0.6 is 0 Å². The molecule has 1 heterocycles. The number of alkyl halides is 3. The second-order valence-electron chi connectivity index (χ2n) is 5.33. The molecule has 1 saturated carbocycles. The first-order valence-electron chi connectivity index (χ1n) is 6.70. The van der Waals surface area contributed by atoms with Crippen molar-refractivity contribution in [3.8, 4) is 11.5 Å². The molecule has 0 unspecified atom stereocenters. The predicted octanol–water partition coefficient (Wildman–Crippen LogP) is 3.48. The molecule has 21 heavy (non-hydrogen) atoms. The van der Waals surface area contributed by atoms with E-state index in [1.54, 1.807) is 0 Å². The van der Waals surface area contributed by atoms with Crippen LogP contribution in [0.5, 0.6) is 0 Å². The van der Waals surface area contributed by atoms with Gasteiger partial charge in [0.05, 0.1) is 16.7 Å². The number of benzene rings is 1. The van der Waals surface area contributed by atoms with Gasteiger partial charge in [-0.25, -0.2) is 0 Å². The van der Waals surface area contributed by atoms with Gasteiger partial charge in [0, 0.05) is 0 Å². The zero-order valence-corrected chi connectivity index (χ0v) is 11.2. The molecule has 7 heteroatoms. The normalized spacial score (nSPS) is 18.1. The van der Waals surface area contributed by atoms with E-state index in [0.29, 0.717) is 12.8 Å². The standard InChI is InChI=1S/C14H14F3N3O/c15-14(16,17)10-6-2-1-5-9(10)11-19-12(20-21-11)13(18)7-3-4-8-13/h1-2,5-6H,3-4,7-8,18H2. The smallest absolute Gasteiger partial charge is 0.334 e. The molecule has 0 saturated heterocycles. The van der Waals surface area contributed by atoms with Crippen LogP contribution in [0, 0.1) is 0 Å². The average molecular weight is 297 g/mol. The highest BCUT2D eigenvalue weighted by molar-refractivity contribution is 5.59. The van der Waals surface area contributed by atoms with Crippen molar-refractivity contribution < 1.29 is 17.7 Å². The summed E-state index contributed by atoms with van der Waals surface area (Å²) in [6, 6.07) is 5.14. The number of hydrogen-bond acceptors (Lipinski definition) is 4. The molecule has 0 amide bonds. The van der Waals surface area contributed by atoms with Crippen LogP contribution in [0.25, 0.3) is 11.5 Å². The SMILES string of the molecule is NC1(c2noc(-c3ccccc3C(F)(F)F)n2)CCCC1. The summed E-state index contributed by atoms with van der Waals surface area (Å²) in [4.78, 5) is 4.11. The Labute approximate surface area is 119 Å². The summed E-state index contributed by atoms with van der Waals surface area (Å²) < 4.78 is 44.0. The van der Waals surface area contributed by atoms with Gasteiger partial charge < -0.3 is 10.3 Å². The highest BCUT2D eigenvalue weighted by atomic mass is 19.4. The van der Waals surface area contributed by atoms with E-state index < -0.39 is 17.3 Å². The highest BCUT2D eigenvalue weighted by Crippen LogP contribution is 2.38. The summed E-state index contributed by atoms with van der Waals surface area (Å²) in [6.07, 6.45) is -1.13. The van der Waals surface area contributed by atoms with Gasteiger partial charge in [-0.15, -0.1) is 0 Å². The molecule has 0 atom stereocenters. The second kappa shape index (κ2) is 4.84. The molecular weight excluding hydrogens is 283 g/mol. The van der Waals surface area contributed by atoms with E-state index in [2.05, 4.69) is 10.1 Å². The summed E-state index contributed by atoms with van der Waals surface area (Å²) in [5.74, 6) is 0.140. The summed E-state index contributed by atoms with van der Waals surface area (Å²) in [6.45, 7) is 0. The first-order chi connectivity index (χ1) is 9.90. The number of nitrogens with two attached hydrogens (primary N) is 1. The predicted molar refractivity (Wildman–Crippen MR) is 69.1 cm³/mol. The lowest BCUT2D eigenvalue weighted by Gasteiger charge is -2.17. The number of hydrogen-bond donors (Lipinski definition) is 1. The summed E-state index contributed by atoms with van der Waals surface area (Å²) in [7, 11) is 0. The van der Waals surface area contributed by atoms with Gasteiger partial charge >= 0.3 is 6.18 Å². The fraction of sp³-hybridized carbons (Fsp3) is 0.429. The van der Waals surface area contributed by atoms with Crippen LogP contribution in [-0.4, -0.2) is 10.1 Å². The third-order valence-corrected chi connectivity index (χ3v) is 3.83. The molecule has 0 radical (unpaired) electrons. The lowest BCUT2D eigenvalue weighted by Crippen LogP contribution is -2.34. The van der Waals surface area contributed by atoms with E-state index in [4.69, 9.17) is 10.3 Å². The van der Waals surface area contributed by atoms with E-state index >= 15 is 0 Å². The maximum absolute atomic E-state index is 13.0. The Morgan fingerprint density at radius 2 is 1.81 bits per heavy atom. The van der Waals surface area contributed by atoms with Gasteiger partial charge in [0.15, 0.2) is 5.82 Å². The van der Waals surface area contributed by atoms with Gasteiger partial charge in [0.1, 0.15) is 0 Å². The zero-order chi connectivity index (χ0) is 15.1. The third kappa shape index (κ3) is 2.53. The molecule has 1 fully saturated rings. The lowest BCUT2D eigenvalue weighted by molar-refractivity contribution is -0.137. The van der Waals surface area contributed by atoms with Gasteiger partial charge in [-0.3, -0.25) is 0 Å². The van der Waals surface area contributed by atoms with E-state index in [1.807, 2.05) is 0 Å². The highest BCUT2D eigenvalue weighted by Gasteiger charge is 2.38. The number of rotatable bonds is 2. The minimum absolute atomic E-state index is 0.120. The van der Waals surface area contributed by atoms with Gasteiger partial charge in [-0.1, -0.05) is 30.1 Å². The summed E-state index contributed by atoms with van der Waals surface area (Å²) in [5.41, 5.74) is 4.59. The molecule has 112 valence electrons. The molecule has 0 aliphatic heterocycles. The maximum atomic E-state index is 13.0. The van der Waals surface area contributed by atoms with Crippen LogP contribution in [0.3, 0.4) is 0 Å². The molecule has 2 N–H and O–H groups in total. The molecule has 2 aromatic rings. The summed E-state index contributed by atoms with van der Waals surface area (Å²) >= 11 is 0. The molecule has 1 aromatic heterocycles. The largest absolute Gasteiger partial charge is 0.417 e. The molecule has 4 nitrogen and oxygen atoms in total. The van der Waals surface area contributed by atoms with E-state index in [0.717, 1.165) is 18.9 Å². The monoisotopic (exact) mass is 297 g/mol. The maximum Gasteiger partial charge on any atom is 0.417 e. The molecule has 0 spiro atoms. The van der Waals surface area contributed by atoms with Gasteiger partial charge in [-0.2, -0.15) is 18.2 Å². The fourth-order valence-electron chi connectivity index (χ4n) is 2.68. The Balaban J connectivity index is 2.01. The minimum atomic E-state index is -4.47. The van der Waals surface area contributed by atoms with Crippen molar-refractivity contribution >= 4 is 0 Å². The summed E-state index contributed by atoms with van der Waals surface area (Å²) in [5, 5.41) is 3.79. The molecule has 0 bridgehead atoms. The van der Waals surface area contributed by atoms with E-state index in [-0.39, 0.29) is 17.3 Å². The van der Waals surface area contributed by atoms with Crippen LogP contribution < -0.4 is 5.73 Å². The van der Waals surface area contributed by atoms with Gasteiger partial charge in [0.2, 0.25) is 0 Å². The Bertz CT molecular complexity index is 645. The van der Waals surface area contributed by atoms with Crippen molar-refractivity contribution in [3.05, 3.63) is 35.7 Å². The van der Waals surface area contributed by atoms with Crippen LogP contribution in [-0.2, 0) is 11.7 Å². The van der Waals surface area contributed by atoms with Crippen molar-refractivity contribution in [1.82, 2.24) is 10.1 Å². The molecule has 3 rings (SSSR count). The van der Waals surface area contributed by atoms with E-state index in [1.165, 1.54) is 18.2 Å². The zero-order valence-electron chi connectivity index (χ0n) is 11.2. The van der Waals surface area contributed by atoms with Crippen molar-refractivity contribution in [2.75, 3.05) is 0 Å². The van der Waals surface area contributed by atoms with E-state index in [9.17, 15) is 13.2 Å². The Morgan fingerprint density at radius 1 is 1.14 bits per heavy atom. The Morgan fingerprint density at radius 3 is 2.48 bits per heavy atom. The molecule has 1 aliphatic carbocycles. The van der Waals surface area contributed by atoms with Crippen LogP contribution in [0.15, 0.2) is 28.8 Å². The van der Waals surface area contributed by atoms with Crippen molar-refractivity contribution in [2.45, 2.75) is 37.4 Å². The number of halogens is 3. The van der Waals surface area contributed by atoms with Crippen molar-refractivity contribution in [1.29, 1.82) is 0 Å². The Hall–Kier alpha value is -1.89. The second-order valence-corrected chi connectivity index (χ2v) is 5.33. The van der Waals surface area contributed by atoms with Crippen molar-refractivity contribution in [3.63, 3.8) is 0 Å². The lowest BCUT2D eigenvalue weighted by atomic mass is 9.98. The van der Waals surface area contributed by atoms with Gasteiger partial charge in [-0.05, 0) is 25.0 Å². The third-order valence-electron chi connectivity index (χ3n) is 3.83. The first kappa shape index (κ1) is 14.1. The molecular formula is C14H14F3N3O.